The monoisotopic (exact) mass is 216 g/mol. The summed E-state index contributed by atoms with van der Waals surface area (Å²) in [7, 11) is 0. The molecule has 0 radical (unpaired) electrons. The molecule has 0 aliphatic rings. The van der Waals surface area contributed by atoms with Crippen molar-refractivity contribution in [2.75, 3.05) is 0 Å². The minimum atomic E-state index is -1.13. The summed E-state index contributed by atoms with van der Waals surface area (Å²) in [5, 5.41) is 8.85. The molecular weight excluding hydrogens is 208 g/mol. The standard InChI is InChI=1S/C8H9ClN2O3/c9-4-1-2-7(12)11-6(4)3-5(10)8(13)14/h1-2,5H,3,10H2,(H,11,12)(H,13,14). The van der Waals surface area contributed by atoms with E-state index in [0.29, 0.717) is 10.7 Å². The predicted octanol–water partition coefficient (Wildman–Crippen LogP) is -0.0173. The van der Waals surface area contributed by atoms with Crippen molar-refractivity contribution >= 4 is 17.6 Å². The molecule has 0 saturated heterocycles. The zero-order valence-electron chi connectivity index (χ0n) is 7.16. The average Bonchev–Trinajstić information content (AvgIpc) is 2.11. The number of aromatic nitrogens is 1. The molecule has 0 aliphatic carbocycles. The summed E-state index contributed by atoms with van der Waals surface area (Å²) >= 11 is 5.73. The largest absolute Gasteiger partial charge is 0.480 e. The van der Waals surface area contributed by atoms with Crippen molar-refractivity contribution in [3.8, 4) is 0 Å². The van der Waals surface area contributed by atoms with Crippen molar-refractivity contribution in [3.05, 3.63) is 33.2 Å². The Morgan fingerprint density at radius 1 is 1.64 bits per heavy atom. The number of nitrogens with one attached hydrogen (secondary N) is 1. The fraction of sp³-hybridized carbons (Fsp3) is 0.250. The molecule has 0 saturated carbocycles. The van der Waals surface area contributed by atoms with E-state index >= 15 is 0 Å². The van der Waals surface area contributed by atoms with E-state index in [4.69, 9.17) is 22.4 Å². The Hall–Kier alpha value is -1.33. The predicted molar refractivity (Wildman–Crippen MR) is 51.4 cm³/mol. The van der Waals surface area contributed by atoms with Gasteiger partial charge in [0, 0.05) is 18.2 Å². The first-order valence-corrected chi connectivity index (χ1v) is 4.24. The third-order valence-electron chi connectivity index (χ3n) is 1.68. The molecule has 14 heavy (non-hydrogen) atoms. The zero-order chi connectivity index (χ0) is 10.7. The first-order valence-electron chi connectivity index (χ1n) is 3.87. The summed E-state index contributed by atoms with van der Waals surface area (Å²) in [6, 6.07) is 1.60. The van der Waals surface area contributed by atoms with Gasteiger partial charge in [0.2, 0.25) is 5.56 Å². The van der Waals surface area contributed by atoms with Crippen LogP contribution in [0, 0.1) is 0 Å². The summed E-state index contributed by atoms with van der Waals surface area (Å²) in [5.41, 5.74) is 5.30. The molecular formula is C8H9ClN2O3. The highest BCUT2D eigenvalue weighted by Crippen LogP contribution is 2.11. The van der Waals surface area contributed by atoms with Crippen LogP contribution >= 0.6 is 11.6 Å². The second-order valence-corrected chi connectivity index (χ2v) is 3.21. The maximum absolute atomic E-state index is 10.9. The van der Waals surface area contributed by atoms with Gasteiger partial charge in [0.25, 0.3) is 0 Å². The third-order valence-corrected chi connectivity index (χ3v) is 2.04. The summed E-state index contributed by atoms with van der Waals surface area (Å²) in [6.07, 6.45) is 0.00421. The molecule has 0 spiro atoms. The SMILES string of the molecule is NC(Cc1[nH]c(=O)ccc1Cl)C(=O)O. The molecule has 1 aromatic rings. The number of hydrogen-bond donors (Lipinski definition) is 3. The molecule has 1 heterocycles. The highest BCUT2D eigenvalue weighted by atomic mass is 35.5. The molecule has 1 atom stereocenters. The smallest absolute Gasteiger partial charge is 0.320 e. The maximum Gasteiger partial charge on any atom is 0.320 e. The average molecular weight is 217 g/mol. The second-order valence-electron chi connectivity index (χ2n) is 2.80. The number of hydrogen-bond acceptors (Lipinski definition) is 3. The van der Waals surface area contributed by atoms with Gasteiger partial charge in [-0.2, -0.15) is 0 Å². The fourth-order valence-corrected chi connectivity index (χ4v) is 1.14. The Balaban J connectivity index is 2.91. The zero-order valence-corrected chi connectivity index (χ0v) is 7.91. The van der Waals surface area contributed by atoms with Crippen LogP contribution in [0.2, 0.25) is 5.02 Å². The molecule has 76 valence electrons. The van der Waals surface area contributed by atoms with Crippen LogP contribution in [0.15, 0.2) is 16.9 Å². The van der Waals surface area contributed by atoms with E-state index in [0.717, 1.165) is 0 Å². The van der Waals surface area contributed by atoms with Crippen molar-refractivity contribution < 1.29 is 9.90 Å². The number of halogens is 1. The van der Waals surface area contributed by atoms with E-state index in [-0.39, 0.29) is 12.0 Å². The molecule has 1 aromatic heterocycles. The van der Waals surface area contributed by atoms with E-state index in [1.54, 1.807) is 0 Å². The first-order chi connectivity index (χ1) is 6.50. The highest BCUT2D eigenvalue weighted by molar-refractivity contribution is 6.31. The van der Waals surface area contributed by atoms with Gasteiger partial charge in [0.15, 0.2) is 0 Å². The van der Waals surface area contributed by atoms with Crippen molar-refractivity contribution in [1.29, 1.82) is 0 Å². The number of nitrogens with two attached hydrogens (primary N) is 1. The topological polar surface area (TPSA) is 96.2 Å². The van der Waals surface area contributed by atoms with Gasteiger partial charge in [-0.25, -0.2) is 0 Å². The number of carboxylic acids is 1. The number of aliphatic carboxylic acids is 1. The lowest BCUT2D eigenvalue weighted by atomic mass is 10.1. The van der Waals surface area contributed by atoms with Gasteiger partial charge >= 0.3 is 5.97 Å². The number of aromatic amines is 1. The lowest BCUT2D eigenvalue weighted by Crippen LogP contribution is -2.33. The normalized spacial score (nSPS) is 12.4. The fourth-order valence-electron chi connectivity index (χ4n) is 0.955. The number of carboxylic acid groups (broad SMARTS) is 1. The van der Waals surface area contributed by atoms with Crippen LogP contribution in [0.1, 0.15) is 5.69 Å². The van der Waals surface area contributed by atoms with Crippen molar-refractivity contribution in [2.24, 2.45) is 5.73 Å². The summed E-state index contributed by atoms with van der Waals surface area (Å²) in [4.78, 5) is 23.8. The Labute approximate surface area is 84.5 Å². The molecule has 4 N–H and O–H groups in total. The molecule has 1 rings (SSSR count). The Morgan fingerprint density at radius 3 is 2.86 bits per heavy atom. The van der Waals surface area contributed by atoms with Gasteiger partial charge in [0.05, 0.1) is 5.02 Å². The third kappa shape index (κ3) is 2.58. The number of rotatable bonds is 3. The Bertz CT molecular complexity index is 402. The molecule has 5 nitrogen and oxygen atoms in total. The summed E-state index contributed by atoms with van der Waals surface area (Å²) in [6.45, 7) is 0. The van der Waals surface area contributed by atoms with Crippen molar-refractivity contribution in [3.63, 3.8) is 0 Å². The van der Waals surface area contributed by atoms with Crippen LogP contribution in [-0.4, -0.2) is 22.1 Å². The van der Waals surface area contributed by atoms with Gasteiger partial charge in [-0.1, -0.05) is 11.6 Å². The van der Waals surface area contributed by atoms with Crippen molar-refractivity contribution in [2.45, 2.75) is 12.5 Å². The maximum atomic E-state index is 10.9. The van der Waals surface area contributed by atoms with Crippen LogP contribution in [0.3, 0.4) is 0 Å². The number of pyridine rings is 1. The molecule has 0 fully saturated rings. The second kappa shape index (κ2) is 4.26. The van der Waals surface area contributed by atoms with E-state index in [2.05, 4.69) is 4.98 Å². The van der Waals surface area contributed by atoms with Crippen LogP contribution in [0.4, 0.5) is 0 Å². The minimum absolute atomic E-state index is 0.00421. The van der Waals surface area contributed by atoms with E-state index in [1.807, 2.05) is 0 Å². The van der Waals surface area contributed by atoms with E-state index in [1.165, 1.54) is 12.1 Å². The summed E-state index contributed by atoms with van der Waals surface area (Å²) < 4.78 is 0. The van der Waals surface area contributed by atoms with Crippen LogP contribution in [0.25, 0.3) is 0 Å². The lowest BCUT2D eigenvalue weighted by molar-refractivity contribution is -0.138. The van der Waals surface area contributed by atoms with Crippen LogP contribution < -0.4 is 11.3 Å². The number of carbonyl (C=O) groups is 1. The molecule has 0 bridgehead atoms. The van der Waals surface area contributed by atoms with Crippen LogP contribution in [-0.2, 0) is 11.2 Å². The number of H-pyrrole nitrogens is 1. The van der Waals surface area contributed by atoms with Gasteiger partial charge < -0.3 is 15.8 Å². The molecule has 0 aromatic carbocycles. The highest BCUT2D eigenvalue weighted by Gasteiger charge is 2.14. The quantitative estimate of drug-likeness (QED) is 0.662. The lowest BCUT2D eigenvalue weighted by Gasteiger charge is -2.07. The molecule has 0 aliphatic heterocycles. The van der Waals surface area contributed by atoms with Crippen molar-refractivity contribution in [1.82, 2.24) is 4.98 Å². The minimum Gasteiger partial charge on any atom is -0.480 e. The van der Waals surface area contributed by atoms with Gasteiger partial charge in [-0.15, -0.1) is 0 Å². The van der Waals surface area contributed by atoms with Gasteiger partial charge in [-0.05, 0) is 6.07 Å². The van der Waals surface area contributed by atoms with E-state index in [9.17, 15) is 9.59 Å². The van der Waals surface area contributed by atoms with Gasteiger partial charge in [-0.3, -0.25) is 9.59 Å². The molecule has 6 heteroatoms. The Morgan fingerprint density at radius 2 is 2.29 bits per heavy atom. The summed E-state index contributed by atoms with van der Waals surface area (Å²) in [5.74, 6) is -1.13. The van der Waals surface area contributed by atoms with Gasteiger partial charge in [0.1, 0.15) is 6.04 Å². The Kier molecular flexibility index (Phi) is 3.27. The first kappa shape index (κ1) is 10.7. The van der Waals surface area contributed by atoms with E-state index < -0.39 is 12.0 Å². The van der Waals surface area contributed by atoms with Crippen LogP contribution in [0.5, 0.6) is 0 Å². The molecule has 0 amide bonds. The molecule has 1 unspecified atom stereocenters.